The van der Waals surface area contributed by atoms with Crippen molar-refractivity contribution in [1.82, 2.24) is 14.1 Å². The van der Waals surface area contributed by atoms with Crippen molar-refractivity contribution in [2.75, 3.05) is 39.8 Å². The summed E-state index contributed by atoms with van der Waals surface area (Å²) in [4.78, 5) is 30.1. The van der Waals surface area contributed by atoms with Gasteiger partial charge in [0.25, 0.3) is 0 Å². The topological polar surface area (TPSA) is 110 Å². The van der Waals surface area contributed by atoms with Crippen molar-refractivity contribution in [3.63, 3.8) is 0 Å². The molecule has 11 heteroatoms. The third-order valence-corrected chi connectivity index (χ3v) is 12.3. The zero-order valence-corrected chi connectivity index (χ0v) is 26.7. The maximum Gasteiger partial charge on any atom is 0.410 e. The van der Waals surface area contributed by atoms with Crippen molar-refractivity contribution in [2.24, 2.45) is 5.92 Å². The Labute approximate surface area is 251 Å². The van der Waals surface area contributed by atoms with Gasteiger partial charge in [0.2, 0.25) is 10.0 Å². The van der Waals surface area contributed by atoms with Crippen LogP contribution < -0.4 is 0 Å². The fraction of sp³-hybridized carbons (Fsp3) is 0.806. The van der Waals surface area contributed by atoms with E-state index in [0.717, 1.165) is 51.7 Å². The maximum atomic E-state index is 13.6. The number of nitrogens with zero attached hydrogens (tertiary/aromatic N) is 3. The number of likely N-dealkylation sites (tertiary alicyclic amines) is 1. The Kier molecular flexibility index (Phi) is 9.59. The molecule has 0 bridgehead atoms. The third kappa shape index (κ3) is 5.98. The molecule has 0 aromatic carbocycles. The van der Waals surface area contributed by atoms with Crippen LogP contribution in [-0.2, 0) is 19.5 Å². The first-order valence-electron chi connectivity index (χ1n) is 16.0. The average molecular weight is 608 g/mol. The van der Waals surface area contributed by atoms with Crippen LogP contribution in [0.15, 0.2) is 9.31 Å². The summed E-state index contributed by atoms with van der Waals surface area (Å²) in [6.45, 7) is 8.63. The van der Waals surface area contributed by atoms with Crippen molar-refractivity contribution in [3.8, 4) is 0 Å². The number of rotatable bonds is 9. The summed E-state index contributed by atoms with van der Waals surface area (Å²) in [7, 11) is -2.68. The predicted octanol–water partition coefficient (Wildman–Crippen LogP) is 5.26. The number of methoxy groups -OCH3 is 1. The monoisotopic (exact) mass is 607 g/mol. The number of piperidine rings is 2. The molecular weight excluding hydrogens is 558 g/mol. The minimum Gasteiger partial charge on any atom is -0.465 e. The van der Waals surface area contributed by atoms with Crippen LogP contribution in [-0.4, -0.2) is 92.1 Å². The van der Waals surface area contributed by atoms with Gasteiger partial charge in [0.15, 0.2) is 0 Å². The fourth-order valence-electron chi connectivity index (χ4n) is 7.97. The van der Waals surface area contributed by atoms with Crippen molar-refractivity contribution in [1.29, 1.82) is 0 Å². The van der Waals surface area contributed by atoms with Gasteiger partial charge in [-0.25, -0.2) is 18.0 Å². The zero-order chi connectivity index (χ0) is 30.1. The van der Waals surface area contributed by atoms with E-state index in [9.17, 15) is 18.0 Å². The van der Waals surface area contributed by atoms with Gasteiger partial charge in [0, 0.05) is 51.6 Å². The predicted molar refractivity (Wildman–Crippen MR) is 158 cm³/mol. The number of ether oxygens (including phenoxy) is 2. The lowest BCUT2D eigenvalue weighted by molar-refractivity contribution is -0.0374. The molecule has 3 saturated heterocycles. The molecule has 42 heavy (non-hydrogen) atoms. The summed E-state index contributed by atoms with van der Waals surface area (Å²) in [5.74, 6) is 0.336. The van der Waals surface area contributed by atoms with Gasteiger partial charge >= 0.3 is 12.1 Å². The van der Waals surface area contributed by atoms with E-state index in [1.165, 1.54) is 43.5 Å². The Morgan fingerprint density at radius 1 is 1.00 bits per heavy atom. The Bertz CT molecular complexity index is 1220. The van der Waals surface area contributed by atoms with Crippen LogP contribution in [0, 0.1) is 19.8 Å². The first-order valence-corrected chi connectivity index (χ1v) is 17.5. The number of carbonyl (C=O) groups excluding carboxylic acids is 2. The molecule has 0 N–H and O–H groups in total. The Morgan fingerprint density at radius 3 is 2.29 bits per heavy atom. The molecule has 1 amide bonds. The van der Waals surface area contributed by atoms with Crippen LogP contribution in [0.2, 0.25) is 0 Å². The van der Waals surface area contributed by atoms with Gasteiger partial charge in [-0.3, -0.25) is 4.90 Å². The molecule has 5 rings (SSSR count). The van der Waals surface area contributed by atoms with Gasteiger partial charge in [-0.05, 0) is 51.9 Å². The van der Waals surface area contributed by atoms with E-state index in [1.807, 2.05) is 0 Å². The van der Waals surface area contributed by atoms with Gasteiger partial charge in [0.1, 0.15) is 27.6 Å². The minimum absolute atomic E-state index is 0.0141. The van der Waals surface area contributed by atoms with E-state index >= 15 is 0 Å². The van der Waals surface area contributed by atoms with Crippen LogP contribution in [0.1, 0.15) is 106 Å². The number of unbranched alkanes of at least 4 members (excludes halogenated alkanes) is 1. The summed E-state index contributed by atoms with van der Waals surface area (Å²) in [6, 6.07) is 0.414. The molecule has 1 atom stereocenters. The Balaban J connectivity index is 1.21. The summed E-state index contributed by atoms with van der Waals surface area (Å²) >= 11 is 0. The smallest absolute Gasteiger partial charge is 0.410 e. The molecule has 1 spiro atoms. The first-order chi connectivity index (χ1) is 20.1. The summed E-state index contributed by atoms with van der Waals surface area (Å²) in [5.41, 5.74) is -0.428. The highest BCUT2D eigenvalue weighted by molar-refractivity contribution is 7.89. The number of carbonyl (C=O) groups is 2. The molecule has 4 aliphatic rings. The van der Waals surface area contributed by atoms with Crippen LogP contribution in [0.3, 0.4) is 0 Å². The van der Waals surface area contributed by atoms with Gasteiger partial charge in [-0.2, -0.15) is 4.31 Å². The summed E-state index contributed by atoms with van der Waals surface area (Å²) in [6.07, 6.45) is 12.4. The molecule has 1 aromatic heterocycles. The number of sulfonamides is 1. The van der Waals surface area contributed by atoms with E-state index in [4.69, 9.17) is 13.9 Å². The molecule has 4 heterocycles. The molecule has 0 radical (unpaired) electrons. The number of aryl methyl sites for hydroxylation is 2. The molecule has 236 valence electrons. The van der Waals surface area contributed by atoms with E-state index < -0.39 is 21.6 Å². The van der Waals surface area contributed by atoms with Crippen LogP contribution in [0.5, 0.6) is 0 Å². The largest absolute Gasteiger partial charge is 0.465 e. The van der Waals surface area contributed by atoms with Gasteiger partial charge in [-0.1, -0.05) is 39.0 Å². The van der Waals surface area contributed by atoms with Crippen molar-refractivity contribution in [2.45, 2.75) is 120 Å². The lowest BCUT2D eigenvalue weighted by atomic mass is 9.80. The van der Waals surface area contributed by atoms with Crippen molar-refractivity contribution >= 4 is 22.1 Å². The summed E-state index contributed by atoms with van der Waals surface area (Å²) in [5, 5.41) is 0. The number of hydrogen-bond donors (Lipinski definition) is 0. The quantitative estimate of drug-likeness (QED) is 0.350. The SMILES string of the molecule is CCCCC1N(CC2CCCCC2)C(=O)OC12CCN(C1CCN(S(=O)(=O)c3c(C)oc(C)c3C(=O)OC)CC1)CC2. The van der Waals surface area contributed by atoms with Gasteiger partial charge < -0.3 is 18.8 Å². The number of furan rings is 1. The van der Waals surface area contributed by atoms with E-state index in [1.54, 1.807) is 13.8 Å². The maximum absolute atomic E-state index is 13.6. The molecule has 10 nitrogen and oxygen atoms in total. The molecule has 4 fully saturated rings. The van der Waals surface area contributed by atoms with Crippen LogP contribution >= 0.6 is 0 Å². The third-order valence-electron chi connectivity index (χ3n) is 10.3. The molecule has 1 aromatic rings. The standard InChI is InChI=1S/C31H49N3O7S/c1-5-6-12-26-31(41-30(36)34(26)21-24-10-8-7-9-11-24)15-19-32(20-16-31)25-13-17-33(18-14-25)42(37,38)28-23(3)40-22(2)27(28)29(35)39-4/h24-26H,5-21H2,1-4H3. The van der Waals surface area contributed by atoms with Crippen LogP contribution in [0.4, 0.5) is 4.79 Å². The fourth-order valence-corrected chi connectivity index (χ4v) is 9.81. The Morgan fingerprint density at radius 2 is 1.67 bits per heavy atom. The zero-order valence-electron chi connectivity index (χ0n) is 25.9. The lowest BCUT2D eigenvalue weighted by Gasteiger charge is -2.46. The first kappa shape index (κ1) is 31.3. The second kappa shape index (κ2) is 12.9. The summed E-state index contributed by atoms with van der Waals surface area (Å²) < 4.78 is 45.4. The van der Waals surface area contributed by atoms with Crippen LogP contribution in [0.25, 0.3) is 0 Å². The van der Waals surface area contributed by atoms with Gasteiger partial charge in [-0.15, -0.1) is 0 Å². The highest BCUT2D eigenvalue weighted by Crippen LogP contribution is 2.43. The number of amides is 1. The van der Waals surface area contributed by atoms with E-state index in [2.05, 4.69) is 16.7 Å². The highest BCUT2D eigenvalue weighted by Gasteiger charge is 2.55. The second-order valence-electron chi connectivity index (χ2n) is 12.8. The normalized spacial score (nSPS) is 24.8. The van der Waals surface area contributed by atoms with E-state index in [0.29, 0.717) is 31.8 Å². The number of hydrogen-bond acceptors (Lipinski definition) is 8. The van der Waals surface area contributed by atoms with E-state index in [-0.39, 0.29) is 40.2 Å². The molecular formula is C31H49N3O7S. The highest BCUT2D eigenvalue weighted by atomic mass is 32.2. The average Bonchev–Trinajstić information content (AvgIpc) is 3.43. The Hall–Kier alpha value is -2.11. The lowest BCUT2D eigenvalue weighted by Crippen LogP contribution is -2.56. The molecule has 1 unspecified atom stereocenters. The molecule has 1 saturated carbocycles. The molecule has 3 aliphatic heterocycles. The van der Waals surface area contributed by atoms with Crippen molar-refractivity contribution in [3.05, 3.63) is 17.1 Å². The van der Waals surface area contributed by atoms with Crippen molar-refractivity contribution < 1.29 is 31.9 Å². The molecule has 1 aliphatic carbocycles. The number of esters is 1. The second-order valence-corrected chi connectivity index (χ2v) is 14.7. The minimum atomic E-state index is -3.91. The van der Waals surface area contributed by atoms with Gasteiger partial charge in [0.05, 0.1) is 13.2 Å².